The van der Waals surface area contributed by atoms with Crippen LogP contribution >= 0.6 is 11.6 Å². The molecule has 3 aliphatic rings. The zero-order valence-corrected chi connectivity index (χ0v) is 16.0. The Morgan fingerprint density at radius 1 is 1.27 bits per heavy atom. The largest absolute Gasteiger partial charge is 0.459 e. The number of esters is 2. The second-order valence-electron chi connectivity index (χ2n) is 7.81. The predicted molar refractivity (Wildman–Crippen MR) is 93.5 cm³/mol. The first-order valence-corrected chi connectivity index (χ1v) is 9.48. The Kier molecular flexibility index (Phi) is 5.11. The maximum atomic E-state index is 12.8. The molecule has 0 spiro atoms. The number of rotatable bonds is 1. The highest BCUT2D eigenvalue weighted by Gasteiger charge is 2.54. The molecule has 7 nitrogen and oxygen atoms in total. The number of halogens is 1. The van der Waals surface area contributed by atoms with Gasteiger partial charge in [0.1, 0.15) is 12.7 Å². The van der Waals surface area contributed by atoms with Crippen LogP contribution in [0.4, 0.5) is 0 Å². The average molecular weight is 388 g/mol. The van der Waals surface area contributed by atoms with Gasteiger partial charge in [0.15, 0.2) is 11.2 Å². The van der Waals surface area contributed by atoms with E-state index in [2.05, 4.69) is 4.90 Å². The van der Waals surface area contributed by atoms with Crippen molar-refractivity contribution in [1.29, 1.82) is 0 Å². The van der Waals surface area contributed by atoms with Crippen LogP contribution in [-0.2, 0) is 19.1 Å². The van der Waals surface area contributed by atoms with Gasteiger partial charge >= 0.3 is 11.9 Å². The molecule has 1 unspecified atom stereocenters. The first kappa shape index (κ1) is 19.6. The minimum atomic E-state index is -2.01. The van der Waals surface area contributed by atoms with Gasteiger partial charge in [-0.25, -0.2) is 9.59 Å². The highest BCUT2D eigenvalue weighted by Crippen LogP contribution is 2.38. The molecule has 3 rings (SSSR count). The van der Waals surface area contributed by atoms with Gasteiger partial charge in [0, 0.05) is 24.9 Å². The van der Waals surface area contributed by atoms with Gasteiger partial charge in [-0.3, -0.25) is 4.90 Å². The lowest BCUT2D eigenvalue weighted by molar-refractivity contribution is -0.189. The second-order valence-corrected chi connectivity index (χ2v) is 8.08. The number of alkyl halides is 1. The summed E-state index contributed by atoms with van der Waals surface area (Å²) in [6.45, 7) is 5.97. The lowest BCUT2D eigenvalue weighted by atomic mass is 9.73. The summed E-state index contributed by atoms with van der Waals surface area (Å²) in [5.74, 6) is -3.61. The monoisotopic (exact) mass is 387 g/mol. The molecule has 26 heavy (non-hydrogen) atoms. The van der Waals surface area contributed by atoms with E-state index in [0.717, 1.165) is 12.1 Å². The van der Waals surface area contributed by atoms with Crippen LogP contribution in [0.1, 0.15) is 27.2 Å². The highest BCUT2D eigenvalue weighted by atomic mass is 35.5. The van der Waals surface area contributed by atoms with Crippen LogP contribution in [0.15, 0.2) is 11.6 Å². The Morgan fingerprint density at radius 3 is 2.62 bits per heavy atom. The first-order chi connectivity index (χ1) is 12.1. The quantitative estimate of drug-likeness (QED) is 0.383. The van der Waals surface area contributed by atoms with Crippen molar-refractivity contribution in [3.63, 3.8) is 0 Å². The van der Waals surface area contributed by atoms with Crippen LogP contribution in [0.3, 0.4) is 0 Å². The Labute approximate surface area is 157 Å². The molecule has 2 fully saturated rings. The number of aliphatic hydroxyl groups is 2. The lowest BCUT2D eigenvalue weighted by Gasteiger charge is -2.40. The summed E-state index contributed by atoms with van der Waals surface area (Å²) >= 11 is 5.94. The molecule has 0 aromatic rings. The number of hydrogen-bond donors (Lipinski definition) is 2. The Morgan fingerprint density at radius 2 is 1.96 bits per heavy atom. The molecule has 8 heteroatoms. The van der Waals surface area contributed by atoms with Gasteiger partial charge < -0.3 is 19.7 Å². The van der Waals surface area contributed by atoms with Crippen LogP contribution in [-0.4, -0.2) is 76.0 Å². The van der Waals surface area contributed by atoms with Gasteiger partial charge in [0.05, 0.1) is 11.9 Å². The highest BCUT2D eigenvalue weighted by molar-refractivity contribution is 6.20. The molecule has 2 N–H and O–H groups in total. The molecule has 3 aliphatic heterocycles. The van der Waals surface area contributed by atoms with Gasteiger partial charge in [-0.15, -0.1) is 11.6 Å². The third-order valence-electron chi connectivity index (χ3n) is 6.40. The average Bonchev–Trinajstić information content (AvgIpc) is 3.19. The van der Waals surface area contributed by atoms with Crippen LogP contribution < -0.4 is 0 Å². The van der Waals surface area contributed by atoms with Crippen molar-refractivity contribution in [3.05, 3.63) is 11.6 Å². The fourth-order valence-electron chi connectivity index (χ4n) is 4.11. The predicted octanol–water partition coefficient (Wildman–Crippen LogP) is 0.462. The summed E-state index contributed by atoms with van der Waals surface area (Å²) in [6.07, 6.45) is 2.17. The summed E-state index contributed by atoms with van der Waals surface area (Å²) in [5.41, 5.74) is -3.05. The third-order valence-corrected chi connectivity index (χ3v) is 6.81. The Balaban J connectivity index is 1.99. The van der Waals surface area contributed by atoms with E-state index in [1.54, 1.807) is 13.8 Å². The summed E-state index contributed by atoms with van der Waals surface area (Å²) < 4.78 is 11.0. The molecule has 0 saturated carbocycles. The van der Waals surface area contributed by atoms with E-state index in [-0.39, 0.29) is 12.6 Å². The number of carbonyl (C=O) groups is 2. The zero-order valence-electron chi connectivity index (χ0n) is 15.3. The number of ether oxygens (including phenoxy) is 2. The number of cyclic esters (lactones) is 1. The molecule has 0 aromatic carbocycles. The van der Waals surface area contributed by atoms with Crippen molar-refractivity contribution in [3.8, 4) is 0 Å². The molecule has 0 aliphatic carbocycles. The van der Waals surface area contributed by atoms with Crippen molar-refractivity contribution >= 4 is 23.5 Å². The number of carbonyl (C=O) groups excluding carboxylic acids is 2. The summed E-state index contributed by atoms with van der Waals surface area (Å²) in [4.78, 5) is 27.5. The van der Waals surface area contributed by atoms with Gasteiger partial charge in [0.2, 0.25) is 0 Å². The molecule has 2 saturated heterocycles. The second kappa shape index (κ2) is 6.78. The molecular weight excluding hydrogens is 362 g/mol. The van der Waals surface area contributed by atoms with E-state index in [4.69, 9.17) is 21.1 Å². The fraction of sp³-hybridized carbons (Fsp3) is 0.778. The van der Waals surface area contributed by atoms with Gasteiger partial charge in [-0.05, 0) is 18.9 Å². The number of hydrogen-bond acceptors (Lipinski definition) is 7. The molecule has 0 aromatic heterocycles. The van der Waals surface area contributed by atoms with Crippen LogP contribution in [0.25, 0.3) is 0 Å². The summed E-state index contributed by atoms with van der Waals surface area (Å²) in [7, 11) is 0. The van der Waals surface area contributed by atoms with Crippen molar-refractivity contribution in [2.45, 2.75) is 50.5 Å². The molecule has 6 atom stereocenters. The molecule has 0 amide bonds. The summed E-state index contributed by atoms with van der Waals surface area (Å²) in [6, 6.07) is -0.177. The van der Waals surface area contributed by atoms with E-state index in [0.29, 0.717) is 13.0 Å². The van der Waals surface area contributed by atoms with Crippen molar-refractivity contribution < 1.29 is 29.3 Å². The van der Waals surface area contributed by atoms with E-state index >= 15 is 0 Å². The maximum Gasteiger partial charge on any atom is 0.340 e. The minimum Gasteiger partial charge on any atom is -0.459 e. The van der Waals surface area contributed by atoms with Gasteiger partial charge in [-0.2, -0.15) is 0 Å². The van der Waals surface area contributed by atoms with E-state index in [1.807, 2.05) is 6.08 Å². The third kappa shape index (κ3) is 2.95. The lowest BCUT2D eigenvalue weighted by Crippen LogP contribution is -2.57. The van der Waals surface area contributed by atoms with Gasteiger partial charge in [0.25, 0.3) is 0 Å². The van der Waals surface area contributed by atoms with E-state index in [1.165, 1.54) is 6.92 Å². The standard InChI is InChI=1S/C18H26ClNO6/c1-10-11(2)18(24,9-19)16(22)26-13-5-7-20-6-4-12(14(13)20)8-25-15(21)17(10,3)23/h4,10-11,13-14,23-24H,5-9H2,1-3H3/t10?,11-,13-,14-,17-,18-/m1/s1. The van der Waals surface area contributed by atoms with Crippen molar-refractivity contribution in [2.75, 3.05) is 25.6 Å². The normalized spacial score (nSPS) is 44.5. The molecule has 3 heterocycles. The molecule has 0 bridgehead atoms. The topological polar surface area (TPSA) is 96.3 Å². The van der Waals surface area contributed by atoms with Crippen molar-refractivity contribution in [1.82, 2.24) is 4.90 Å². The zero-order chi connectivity index (χ0) is 19.3. The Hall–Kier alpha value is -1.15. The molecule has 0 radical (unpaired) electrons. The van der Waals surface area contributed by atoms with Crippen LogP contribution in [0.2, 0.25) is 0 Å². The van der Waals surface area contributed by atoms with Crippen molar-refractivity contribution in [2.24, 2.45) is 11.8 Å². The van der Waals surface area contributed by atoms with Crippen LogP contribution in [0, 0.1) is 11.8 Å². The Bertz CT molecular complexity index is 635. The minimum absolute atomic E-state index is 0.0467. The van der Waals surface area contributed by atoms with E-state index < -0.39 is 47.0 Å². The van der Waals surface area contributed by atoms with E-state index in [9.17, 15) is 19.8 Å². The van der Waals surface area contributed by atoms with Gasteiger partial charge in [-0.1, -0.05) is 19.9 Å². The number of nitrogens with zero attached hydrogens (tertiary/aromatic N) is 1. The summed E-state index contributed by atoms with van der Waals surface area (Å²) in [5, 5.41) is 21.7. The maximum absolute atomic E-state index is 12.8. The first-order valence-electron chi connectivity index (χ1n) is 8.95. The molecule has 146 valence electrons. The molecular formula is C18H26ClNO6. The smallest absolute Gasteiger partial charge is 0.340 e. The fourth-order valence-corrected chi connectivity index (χ4v) is 4.46. The van der Waals surface area contributed by atoms with Crippen LogP contribution in [0.5, 0.6) is 0 Å². The SMILES string of the molecule is CC1[C@@H](C)[C@](O)(CCl)C(=O)O[C@@H]2CCN3CC=C(COC(=O)[C@]1(C)O)[C@H]23.